The number of benzene rings is 2. The number of carbonyl (C=O) groups excluding carboxylic acids is 1. The number of fused-ring (bicyclic) bond motifs is 1. The molecule has 1 fully saturated rings. The molecule has 2 aromatic carbocycles. The van der Waals surface area contributed by atoms with Gasteiger partial charge in [-0.05, 0) is 55.2 Å². The van der Waals surface area contributed by atoms with Crippen LogP contribution in [0.25, 0.3) is 10.9 Å². The van der Waals surface area contributed by atoms with Gasteiger partial charge < -0.3 is 10.2 Å². The fraction of sp³-hybridized carbons (Fsp3) is 0.318. The third kappa shape index (κ3) is 4.13. The van der Waals surface area contributed by atoms with Crippen LogP contribution in [0, 0.1) is 11.7 Å². The van der Waals surface area contributed by atoms with E-state index in [1.54, 1.807) is 0 Å². The molecule has 0 spiro atoms. The van der Waals surface area contributed by atoms with Gasteiger partial charge in [-0.25, -0.2) is 9.18 Å². The molecular formula is C22H23FN4O2. The third-order valence-corrected chi connectivity index (χ3v) is 5.25. The van der Waals surface area contributed by atoms with Crippen LogP contribution in [-0.4, -0.2) is 28.5 Å². The van der Waals surface area contributed by atoms with Crippen LogP contribution in [0.3, 0.4) is 0 Å². The topological polar surface area (TPSA) is 67.2 Å². The quantitative estimate of drug-likeness (QED) is 0.736. The first kappa shape index (κ1) is 19.1. The lowest BCUT2D eigenvalue weighted by Gasteiger charge is -2.32. The Morgan fingerprint density at radius 1 is 1.21 bits per heavy atom. The fourth-order valence-corrected chi connectivity index (χ4v) is 3.87. The minimum Gasteiger partial charge on any atom is -0.356 e. The molecule has 7 heteroatoms. The number of piperidine rings is 1. The van der Waals surface area contributed by atoms with Gasteiger partial charge in [0.1, 0.15) is 18.2 Å². The van der Waals surface area contributed by atoms with Gasteiger partial charge in [0.25, 0.3) is 0 Å². The number of aromatic nitrogens is 2. The minimum absolute atomic E-state index is 0.166. The van der Waals surface area contributed by atoms with E-state index in [1.807, 2.05) is 24.3 Å². The highest BCUT2D eigenvalue weighted by Crippen LogP contribution is 2.27. The molecule has 0 unspecified atom stereocenters. The van der Waals surface area contributed by atoms with E-state index in [0.717, 1.165) is 24.9 Å². The highest BCUT2D eigenvalue weighted by atomic mass is 19.1. The minimum atomic E-state index is -0.453. The molecule has 29 heavy (non-hydrogen) atoms. The van der Waals surface area contributed by atoms with E-state index in [1.165, 1.54) is 35.3 Å². The predicted molar refractivity (Wildman–Crippen MR) is 112 cm³/mol. The SMILES string of the molecule is C[C@H]1CCCN(c2nc(=O)n(CC(=O)Nc3ccc(F)cc3)c3ccccc23)C1. The van der Waals surface area contributed by atoms with E-state index in [2.05, 4.69) is 22.1 Å². The smallest absolute Gasteiger partial charge is 0.350 e. The first-order chi connectivity index (χ1) is 14.0. The molecular weight excluding hydrogens is 371 g/mol. The van der Waals surface area contributed by atoms with Crippen LogP contribution in [0.5, 0.6) is 0 Å². The Labute approximate surface area is 168 Å². The lowest BCUT2D eigenvalue weighted by atomic mass is 10.00. The van der Waals surface area contributed by atoms with Crippen molar-refractivity contribution in [2.24, 2.45) is 5.92 Å². The van der Waals surface area contributed by atoms with E-state index in [0.29, 0.717) is 22.9 Å². The highest BCUT2D eigenvalue weighted by molar-refractivity contribution is 5.93. The molecule has 4 rings (SSSR count). The molecule has 6 nitrogen and oxygen atoms in total. The number of nitrogens with zero attached hydrogens (tertiary/aromatic N) is 3. The lowest BCUT2D eigenvalue weighted by molar-refractivity contribution is -0.116. The van der Waals surface area contributed by atoms with Crippen molar-refractivity contribution in [3.05, 3.63) is 64.8 Å². The largest absolute Gasteiger partial charge is 0.356 e. The molecule has 1 amide bonds. The molecule has 0 saturated carbocycles. The summed E-state index contributed by atoms with van der Waals surface area (Å²) in [6.07, 6.45) is 2.25. The van der Waals surface area contributed by atoms with Gasteiger partial charge >= 0.3 is 5.69 Å². The van der Waals surface area contributed by atoms with Crippen molar-refractivity contribution in [3.8, 4) is 0 Å². The molecule has 3 aromatic rings. The number of nitrogens with one attached hydrogen (secondary N) is 1. The summed E-state index contributed by atoms with van der Waals surface area (Å²) in [5, 5.41) is 3.55. The number of amides is 1. The second-order valence-electron chi connectivity index (χ2n) is 7.57. The number of para-hydroxylation sites is 1. The fourth-order valence-electron chi connectivity index (χ4n) is 3.87. The zero-order valence-corrected chi connectivity index (χ0v) is 16.3. The maximum absolute atomic E-state index is 13.0. The second-order valence-corrected chi connectivity index (χ2v) is 7.57. The molecule has 0 bridgehead atoms. The number of carbonyl (C=O) groups is 1. The zero-order valence-electron chi connectivity index (χ0n) is 16.3. The van der Waals surface area contributed by atoms with E-state index >= 15 is 0 Å². The second kappa shape index (κ2) is 8.03. The highest BCUT2D eigenvalue weighted by Gasteiger charge is 2.21. The summed E-state index contributed by atoms with van der Waals surface area (Å²) in [4.78, 5) is 31.8. The monoisotopic (exact) mass is 394 g/mol. The predicted octanol–water partition coefficient (Wildman–Crippen LogP) is 3.41. The summed E-state index contributed by atoms with van der Waals surface area (Å²) in [7, 11) is 0. The molecule has 1 aromatic heterocycles. The van der Waals surface area contributed by atoms with Gasteiger partial charge in [-0.3, -0.25) is 9.36 Å². The molecule has 1 atom stereocenters. The summed E-state index contributed by atoms with van der Waals surface area (Å²) in [5.74, 6) is 0.489. The number of hydrogen-bond acceptors (Lipinski definition) is 4. The summed E-state index contributed by atoms with van der Waals surface area (Å²) >= 11 is 0. The molecule has 0 radical (unpaired) electrons. The first-order valence-corrected chi connectivity index (χ1v) is 9.81. The van der Waals surface area contributed by atoms with Crippen LogP contribution in [0.4, 0.5) is 15.9 Å². The Morgan fingerprint density at radius 2 is 1.97 bits per heavy atom. The molecule has 2 heterocycles. The van der Waals surface area contributed by atoms with E-state index in [4.69, 9.17) is 0 Å². The lowest BCUT2D eigenvalue weighted by Crippen LogP contribution is -2.38. The van der Waals surface area contributed by atoms with Crippen molar-refractivity contribution >= 4 is 28.3 Å². The maximum atomic E-state index is 13.0. The molecule has 1 N–H and O–H groups in total. The average Bonchev–Trinajstić information content (AvgIpc) is 2.71. The summed E-state index contributed by atoms with van der Waals surface area (Å²) in [6, 6.07) is 13.0. The number of hydrogen-bond donors (Lipinski definition) is 1. The first-order valence-electron chi connectivity index (χ1n) is 9.81. The summed E-state index contributed by atoms with van der Waals surface area (Å²) in [5.41, 5.74) is 0.696. The van der Waals surface area contributed by atoms with Crippen molar-refractivity contribution in [1.29, 1.82) is 0 Å². The number of halogens is 1. The van der Waals surface area contributed by atoms with Gasteiger partial charge in [-0.2, -0.15) is 4.98 Å². The summed E-state index contributed by atoms with van der Waals surface area (Å²) < 4.78 is 14.4. The van der Waals surface area contributed by atoms with Crippen LogP contribution in [0.1, 0.15) is 19.8 Å². The van der Waals surface area contributed by atoms with Crippen molar-refractivity contribution in [2.45, 2.75) is 26.3 Å². The molecule has 1 aliphatic rings. The van der Waals surface area contributed by atoms with Gasteiger partial charge in [0.15, 0.2) is 0 Å². The van der Waals surface area contributed by atoms with Crippen LogP contribution in [0.15, 0.2) is 53.3 Å². The molecule has 0 aliphatic carbocycles. The Balaban J connectivity index is 1.65. The van der Waals surface area contributed by atoms with Gasteiger partial charge in [0.2, 0.25) is 5.91 Å². The Bertz CT molecular complexity index is 1090. The Kier molecular flexibility index (Phi) is 5.29. The number of anilines is 2. The molecule has 150 valence electrons. The average molecular weight is 394 g/mol. The van der Waals surface area contributed by atoms with Gasteiger partial charge in [-0.15, -0.1) is 0 Å². The van der Waals surface area contributed by atoms with Gasteiger partial charge in [-0.1, -0.05) is 19.1 Å². The van der Waals surface area contributed by atoms with E-state index in [9.17, 15) is 14.0 Å². The van der Waals surface area contributed by atoms with E-state index in [-0.39, 0.29) is 18.3 Å². The van der Waals surface area contributed by atoms with Crippen molar-refractivity contribution in [3.63, 3.8) is 0 Å². The van der Waals surface area contributed by atoms with Crippen LogP contribution >= 0.6 is 0 Å². The maximum Gasteiger partial charge on any atom is 0.350 e. The van der Waals surface area contributed by atoms with Gasteiger partial charge in [0.05, 0.1) is 5.52 Å². The van der Waals surface area contributed by atoms with Crippen molar-refractivity contribution < 1.29 is 9.18 Å². The summed E-state index contributed by atoms with van der Waals surface area (Å²) in [6.45, 7) is 3.77. The van der Waals surface area contributed by atoms with Crippen LogP contribution in [-0.2, 0) is 11.3 Å². The van der Waals surface area contributed by atoms with Crippen molar-refractivity contribution in [1.82, 2.24) is 9.55 Å². The zero-order chi connectivity index (χ0) is 20.4. The molecule has 1 aliphatic heterocycles. The Hall–Kier alpha value is -3.22. The number of rotatable bonds is 4. The van der Waals surface area contributed by atoms with Crippen LogP contribution in [0.2, 0.25) is 0 Å². The van der Waals surface area contributed by atoms with Crippen LogP contribution < -0.4 is 15.9 Å². The van der Waals surface area contributed by atoms with Crippen molar-refractivity contribution in [2.75, 3.05) is 23.3 Å². The standard InChI is InChI=1S/C22H23FN4O2/c1-15-5-4-12-26(13-15)21-18-6-2-3-7-19(18)27(22(29)25-21)14-20(28)24-17-10-8-16(23)9-11-17/h2-3,6-11,15H,4-5,12-14H2,1H3,(H,24,28)/t15-/m0/s1. The normalized spacial score (nSPS) is 16.8. The molecule has 1 saturated heterocycles. The third-order valence-electron chi connectivity index (χ3n) is 5.25. The van der Waals surface area contributed by atoms with Gasteiger partial charge in [0, 0.05) is 24.2 Å². The van der Waals surface area contributed by atoms with E-state index < -0.39 is 5.69 Å². The Morgan fingerprint density at radius 3 is 2.72 bits per heavy atom.